The van der Waals surface area contributed by atoms with Crippen LogP contribution in [0.3, 0.4) is 0 Å². The summed E-state index contributed by atoms with van der Waals surface area (Å²) in [6, 6.07) is 15.3. The van der Waals surface area contributed by atoms with Gasteiger partial charge in [0.05, 0.1) is 5.56 Å². The molecule has 114 valence electrons. The molecule has 0 aromatic heterocycles. The lowest BCUT2D eigenvalue weighted by Gasteiger charge is -2.21. The molecule has 2 aromatic carbocycles. The summed E-state index contributed by atoms with van der Waals surface area (Å²) >= 11 is 5.87. The minimum Gasteiger partial charge on any atom is -0.444 e. The predicted octanol–water partition coefficient (Wildman–Crippen LogP) is 3.33. The average Bonchev–Trinajstić information content (AvgIpc) is 2.52. The van der Waals surface area contributed by atoms with E-state index in [0.29, 0.717) is 16.1 Å². The molecule has 0 aliphatic rings. The largest absolute Gasteiger partial charge is 0.444 e. The van der Waals surface area contributed by atoms with Crippen LogP contribution in [0.1, 0.15) is 22.0 Å². The Morgan fingerprint density at radius 2 is 1.73 bits per heavy atom. The van der Waals surface area contributed by atoms with Crippen molar-refractivity contribution >= 4 is 23.5 Å². The summed E-state index contributed by atoms with van der Waals surface area (Å²) in [7, 11) is 3.23. The third-order valence-corrected chi connectivity index (χ3v) is 3.29. The molecule has 5 heteroatoms. The van der Waals surface area contributed by atoms with Crippen molar-refractivity contribution in [3.05, 3.63) is 70.7 Å². The highest BCUT2D eigenvalue weighted by Gasteiger charge is 2.26. The van der Waals surface area contributed by atoms with Crippen molar-refractivity contribution in [1.82, 2.24) is 4.90 Å². The van der Waals surface area contributed by atoms with Crippen LogP contribution in [0.15, 0.2) is 54.6 Å². The van der Waals surface area contributed by atoms with E-state index < -0.39 is 12.1 Å². The summed E-state index contributed by atoms with van der Waals surface area (Å²) < 4.78 is 5.41. The third kappa shape index (κ3) is 3.86. The van der Waals surface area contributed by atoms with Gasteiger partial charge in [-0.1, -0.05) is 48.0 Å². The van der Waals surface area contributed by atoms with Gasteiger partial charge in [-0.2, -0.15) is 0 Å². The maximum Gasteiger partial charge on any atom is 0.339 e. The first-order valence-corrected chi connectivity index (χ1v) is 7.09. The van der Waals surface area contributed by atoms with Gasteiger partial charge in [0, 0.05) is 24.7 Å². The number of esters is 1. The van der Waals surface area contributed by atoms with Crippen molar-refractivity contribution in [3.63, 3.8) is 0 Å². The van der Waals surface area contributed by atoms with Crippen LogP contribution in [0, 0.1) is 0 Å². The monoisotopic (exact) mass is 317 g/mol. The number of carbonyl (C=O) groups is 2. The van der Waals surface area contributed by atoms with E-state index in [0.717, 1.165) is 0 Å². The lowest BCUT2D eigenvalue weighted by molar-refractivity contribution is -0.138. The van der Waals surface area contributed by atoms with Gasteiger partial charge in [-0.25, -0.2) is 4.79 Å². The number of halogens is 1. The van der Waals surface area contributed by atoms with E-state index in [1.807, 2.05) is 6.07 Å². The predicted molar refractivity (Wildman–Crippen MR) is 84.7 cm³/mol. The van der Waals surface area contributed by atoms with Gasteiger partial charge < -0.3 is 9.64 Å². The summed E-state index contributed by atoms with van der Waals surface area (Å²) in [6.45, 7) is 0. The Hall–Kier alpha value is -2.33. The molecule has 22 heavy (non-hydrogen) atoms. The smallest absolute Gasteiger partial charge is 0.339 e. The van der Waals surface area contributed by atoms with E-state index in [4.69, 9.17) is 16.3 Å². The molecule has 0 radical (unpaired) electrons. The Labute approximate surface area is 134 Å². The molecule has 0 aliphatic heterocycles. The number of likely N-dealkylation sites (N-methyl/N-ethyl adjacent to an activating group) is 1. The Morgan fingerprint density at radius 1 is 1.05 bits per heavy atom. The van der Waals surface area contributed by atoms with E-state index >= 15 is 0 Å². The van der Waals surface area contributed by atoms with Crippen LogP contribution in [0.5, 0.6) is 0 Å². The number of hydrogen-bond acceptors (Lipinski definition) is 3. The van der Waals surface area contributed by atoms with Crippen molar-refractivity contribution < 1.29 is 14.3 Å². The number of rotatable bonds is 4. The zero-order valence-corrected chi connectivity index (χ0v) is 13.1. The maximum atomic E-state index is 12.3. The van der Waals surface area contributed by atoms with Crippen LogP contribution in [-0.4, -0.2) is 30.9 Å². The van der Waals surface area contributed by atoms with Crippen LogP contribution in [0.4, 0.5) is 0 Å². The quantitative estimate of drug-likeness (QED) is 0.813. The minimum atomic E-state index is -0.984. The molecule has 0 fully saturated rings. The molecular formula is C17H16ClNO3. The van der Waals surface area contributed by atoms with E-state index in [2.05, 4.69) is 0 Å². The summed E-state index contributed by atoms with van der Waals surface area (Å²) in [6.07, 6.45) is -0.984. The molecule has 1 atom stereocenters. The van der Waals surface area contributed by atoms with Gasteiger partial charge in [0.1, 0.15) is 0 Å². The van der Waals surface area contributed by atoms with Crippen LogP contribution in [0.25, 0.3) is 0 Å². The van der Waals surface area contributed by atoms with Crippen molar-refractivity contribution in [2.75, 3.05) is 14.1 Å². The van der Waals surface area contributed by atoms with Crippen molar-refractivity contribution in [2.45, 2.75) is 6.10 Å². The minimum absolute atomic E-state index is 0.304. The van der Waals surface area contributed by atoms with Gasteiger partial charge in [-0.05, 0) is 18.2 Å². The maximum absolute atomic E-state index is 12.3. The van der Waals surface area contributed by atoms with Gasteiger partial charge in [0.2, 0.25) is 6.10 Å². The van der Waals surface area contributed by atoms with E-state index in [1.54, 1.807) is 56.6 Å². The van der Waals surface area contributed by atoms with E-state index in [-0.39, 0.29) is 5.91 Å². The lowest BCUT2D eigenvalue weighted by atomic mass is 10.1. The van der Waals surface area contributed by atoms with E-state index in [1.165, 1.54) is 11.0 Å². The Balaban J connectivity index is 2.27. The van der Waals surface area contributed by atoms with Gasteiger partial charge >= 0.3 is 5.97 Å². The summed E-state index contributed by atoms with van der Waals surface area (Å²) in [5.41, 5.74) is 0.927. The fourth-order valence-corrected chi connectivity index (χ4v) is 2.10. The molecule has 0 aliphatic carbocycles. The first kappa shape index (κ1) is 16.0. The van der Waals surface area contributed by atoms with Crippen molar-refractivity contribution in [2.24, 2.45) is 0 Å². The average molecular weight is 318 g/mol. The number of ether oxygens (including phenoxy) is 1. The van der Waals surface area contributed by atoms with Crippen LogP contribution in [0.2, 0.25) is 5.02 Å². The third-order valence-electron chi connectivity index (χ3n) is 3.05. The molecule has 2 rings (SSSR count). The standard InChI is InChI=1S/C17H16ClNO3/c1-19(2)16(20)15(12-7-4-3-5-8-12)22-17(21)13-9-6-10-14(18)11-13/h3-11,15H,1-2H3/t15-/m1/s1. The second-order valence-corrected chi connectivity index (χ2v) is 5.38. The lowest BCUT2D eigenvalue weighted by Crippen LogP contribution is -2.31. The molecule has 2 aromatic rings. The number of hydrogen-bond donors (Lipinski definition) is 0. The molecule has 4 nitrogen and oxygen atoms in total. The summed E-state index contributed by atoms with van der Waals surface area (Å²) in [4.78, 5) is 25.9. The highest BCUT2D eigenvalue weighted by atomic mass is 35.5. The molecule has 0 bridgehead atoms. The van der Waals surface area contributed by atoms with Gasteiger partial charge in [0.25, 0.3) is 5.91 Å². The number of amides is 1. The Morgan fingerprint density at radius 3 is 2.32 bits per heavy atom. The Kier molecular flexibility index (Phi) is 5.17. The summed E-state index contributed by atoms with van der Waals surface area (Å²) in [5.74, 6) is -0.895. The summed E-state index contributed by atoms with van der Waals surface area (Å²) in [5, 5.41) is 0.435. The number of carbonyl (C=O) groups excluding carboxylic acids is 2. The van der Waals surface area contributed by atoms with Crippen LogP contribution in [-0.2, 0) is 9.53 Å². The highest BCUT2D eigenvalue weighted by molar-refractivity contribution is 6.30. The molecular weight excluding hydrogens is 302 g/mol. The molecule has 0 spiro atoms. The van der Waals surface area contributed by atoms with Gasteiger partial charge in [-0.3, -0.25) is 4.79 Å². The first-order valence-electron chi connectivity index (χ1n) is 6.71. The molecule has 0 heterocycles. The zero-order valence-electron chi connectivity index (χ0n) is 12.3. The van der Waals surface area contributed by atoms with Gasteiger partial charge in [0.15, 0.2) is 0 Å². The normalized spacial score (nSPS) is 11.6. The van der Waals surface area contributed by atoms with Gasteiger partial charge in [-0.15, -0.1) is 0 Å². The molecule has 0 saturated heterocycles. The van der Waals surface area contributed by atoms with Crippen molar-refractivity contribution in [1.29, 1.82) is 0 Å². The highest BCUT2D eigenvalue weighted by Crippen LogP contribution is 2.22. The zero-order chi connectivity index (χ0) is 16.1. The number of nitrogens with zero attached hydrogens (tertiary/aromatic N) is 1. The number of benzene rings is 2. The Bertz CT molecular complexity index is 671. The molecule has 0 N–H and O–H groups in total. The molecule has 1 amide bonds. The van der Waals surface area contributed by atoms with Crippen molar-refractivity contribution in [3.8, 4) is 0 Å². The van der Waals surface area contributed by atoms with Crippen LogP contribution >= 0.6 is 11.6 Å². The fourth-order valence-electron chi connectivity index (χ4n) is 1.91. The fraction of sp³-hybridized carbons (Fsp3) is 0.176. The topological polar surface area (TPSA) is 46.6 Å². The molecule has 0 unspecified atom stereocenters. The van der Waals surface area contributed by atoms with Crippen LogP contribution < -0.4 is 0 Å². The SMILES string of the molecule is CN(C)C(=O)[C@H](OC(=O)c1cccc(Cl)c1)c1ccccc1. The first-order chi connectivity index (χ1) is 10.5. The second kappa shape index (κ2) is 7.09. The molecule has 0 saturated carbocycles. The second-order valence-electron chi connectivity index (χ2n) is 4.94. The van der Waals surface area contributed by atoms with E-state index in [9.17, 15) is 9.59 Å².